The van der Waals surface area contributed by atoms with Crippen LogP contribution in [0.25, 0.3) is 11.1 Å². The maximum atomic E-state index is 12.4. The number of fused-ring (bicyclic) bond motifs is 1. The Kier molecular flexibility index (Phi) is 5.48. The Bertz CT molecular complexity index is 967. The molecule has 28 heavy (non-hydrogen) atoms. The van der Waals surface area contributed by atoms with Crippen LogP contribution in [0.5, 0.6) is 0 Å². The Balaban J connectivity index is 1.66. The number of nitrogens with zero attached hydrogens (tertiary/aromatic N) is 3. The molecule has 0 N–H and O–H groups in total. The fourth-order valence-electron chi connectivity index (χ4n) is 3.62. The second kappa shape index (κ2) is 7.83. The second-order valence-corrected chi connectivity index (χ2v) is 6.95. The third kappa shape index (κ3) is 3.90. The zero-order valence-electron chi connectivity index (χ0n) is 15.6. The van der Waals surface area contributed by atoms with Crippen molar-refractivity contribution in [3.8, 4) is 0 Å². The molecule has 0 unspecified atom stereocenters. The molecule has 2 atom stereocenters. The van der Waals surface area contributed by atoms with Gasteiger partial charge in [0.15, 0.2) is 12.2 Å². The number of non-ortho nitro benzene ring substituents is 1. The molecule has 1 aromatic heterocycles. The summed E-state index contributed by atoms with van der Waals surface area (Å²) < 4.78 is 11.0. The fourth-order valence-corrected chi connectivity index (χ4v) is 3.62. The molecule has 1 aromatic carbocycles. The van der Waals surface area contributed by atoms with Crippen molar-refractivity contribution in [2.24, 2.45) is 0 Å². The number of rotatable bonds is 5. The summed E-state index contributed by atoms with van der Waals surface area (Å²) in [4.78, 5) is 48.4. The SMILES string of the molecule is C[C@H]1CCC[C@H](C)N1C(=O)COC(=O)Cn1c(=O)oc2cc([N+](=O)[O-])ccc21. The Morgan fingerprint density at radius 1 is 1.29 bits per heavy atom. The van der Waals surface area contributed by atoms with Crippen molar-refractivity contribution in [3.05, 3.63) is 38.9 Å². The van der Waals surface area contributed by atoms with Crippen LogP contribution < -0.4 is 5.76 Å². The van der Waals surface area contributed by atoms with E-state index in [4.69, 9.17) is 9.15 Å². The van der Waals surface area contributed by atoms with Gasteiger partial charge in [0.25, 0.3) is 11.6 Å². The lowest BCUT2D eigenvalue weighted by Crippen LogP contribution is -2.49. The maximum Gasteiger partial charge on any atom is 0.420 e. The van der Waals surface area contributed by atoms with Crippen molar-refractivity contribution >= 4 is 28.7 Å². The molecule has 0 bridgehead atoms. The van der Waals surface area contributed by atoms with Gasteiger partial charge in [-0.25, -0.2) is 4.79 Å². The zero-order valence-corrected chi connectivity index (χ0v) is 15.6. The van der Waals surface area contributed by atoms with Crippen LogP contribution in [0.4, 0.5) is 5.69 Å². The first-order valence-electron chi connectivity index (χ1n) is 9.02. The molecular weight excluding hydrogens is 370 g/mol. The molecule has 0 aliphatic carbocycles. The third-order valence-corrected chi connectivity index (χ3v) is 4.99. The van der Waals surface area contributed by atoms with Gasteiger partial charge in [0.05, 0.1) is 16.5 Å². The summed E-state index contributed by atoms with van der Waals surface area (Å²) in [5, 5.41) is 10.8. The lowest BCUT2D eigenvalue weighted by atomic mass is 9.97. The monoisotopic (exact) mass is 391 g/mol. The van der Waals surface area contributed by atoms with Crippen LogP contribution in [-0.2, 0) is 20.9 Å². The van der Waals surface area contributed by atoms with E-state index in [1.54, 1.807) is 4.90 Å². The van der Waals surface area contributed by atoms with E-state index in [0.717, 1.165) is 29.9 Å². The molecule has 0 spiro atoms. The van der Waals surface area contributed by atoms with E-state index >= 15 is 0 Å². The first-order chi connectivity index (χ1) is 13.3. The number of aromatic nitrogens is 1. The zero-order chi connectivity index (χ0) is 20.4. The van der Waals surface area contributed by atoms with E-state index in [-0.39, 0.29) is 34.8 Å². The molecule has 0 radical (unpaired) electrons. The van der Waals surface area contributed by atoms with E-state index in [2.05, 4.69) is 0 Å². The number of piperidine rings is 1. The van der Waals surface area contributed by atoms with Crippen molar-refractivity contribution in [1.29, 1.82) is 0 Å². The van der Waals surface area contributed by atoms with Crippen molar-refractivity contribution in [2.75, 3.05) is 6.61 Å². The van der Waals surface area contributed by atoms with Gasteiger partial charge in [0, 0.05) is 18.2 Å². The van der Waals surface area contributed by atoms with E-state index < -0.39 is 29.8 Å². The van der Waals surface area contributed by atoms with E-state index in [9.17, 15) is 24.5 Å². The van der Waals surface area contributed by atoms with Crippen LogP contribution in [0.3, 0.4) is 0 Å². The number of nitro groups is 1. The molecule has 3 rings (SSSR count). The molecule has 2 heterocycles. The van der Waals surface area contributed by atoms with Crippen LogP contribution in [-0.4, -0.2) is 45.0 Å². The van der Waals surface area contributed by atoms with Crippen molar-refractivity contribution in [3.63, 3.8) is 0 Å². The predicted octanol–water partition coefficient (Wildman–Crippen LogP) is 1.84. The summed E-state index contributed by atoms with van der Waals surface area (Å²) in [6, 6.07) is 3.83. The van der Waals surface area contributed by atoms with Gasteiger partial charge in [-0.3, -0.25) is 24.3 Å². The van der Waals surface area contributed by atoms with Gasteiger partial charge >= 0.3 is 11.7 Å². The van der Waals surface area contributed by atoms with E-state index in [1.807, 2.05) is 13.8 Å². The van der Waals surface area contributed by atoms with Crippen molar-refractivity contribution < 1.29 is 23.7 Å². The number of nitro benzene ring substituents is 1. The first kappa shape index (κ1) is 19.6. The average molecular weight is 391 g/mol. The van der Waals surface area contributed by atoms with Crippen LogP contribution in [0.2, 0.25) is 0 Å². The number of amides is 1. The molecule has 10 heteroatoms. The van der Waals surface area contributed by atoms with Gasteiger partial charge in [-0.1, -0.05) is 0 Å². The number of benzene rings is 1. The Morgan fingerprint density at radius 3 is 2.61 bits per heavy atom. The summed E-state index contributed by atoms with van der Waals surface area (Å²) in [6.45, 7) is 3.07. The maximum absolute atomic E-state index is 12.4. The third-order valence-electron chi connectivity index (χ3n) is 4.99. The molecule has 2 aromatic rings. The highest BCUT2D eigenvalue weighted by molar-refractivity contribution is 5.82. The summed E-state index contributed by atoms with van der Waals surface area (Å²) in [5.74, 6) is -1.88. The number of carbonyl (C=O) groups is 2. The summed E-state index contributed by atoms with van der Waals surface area (Å²) >= 11 is 0. The topological polar surface area (TPSA) is 125 Å². The molecule has 10 nitrogen and oxygen atoms in total. The quantitative estimate of drug-likeness (QED) is 0.432. The molecule has 1 aliphatic rings. The average Bonchev–Trinajstić information content (AvgIpc) is 2.94. The molecule has 150 valence electrons. The van der Waals surface area contributed by atoms with Gasteiger partial charge < -0.3 is 14.1 Å². The number of esters is 1. The Morgan fingerprint density at radius 2 is 1.96 bits per heavy atom. The lowest BCUT2D eigenvalue weighted by molar-refractivity contribution is -0.384. The fraction of sp³-hybridized carbons (Fsp3) is 0.500. The van der Waals surface area contributed by atoms with Gasteiger partial charge in [-0.2, -0.15) is 0 Å². The first-order valence-corrected chi connectivity index (χ1v) is 9.02. The molecule has 1 aliphatic heterocycles. The molecule has 1 saturated heterocycles. The normalized spacial score (nSPS) is 19.6. The Labute approximate surface area is 159 Å². The highest BCUT2D eigenvalue weighted by Gasteiger charge is 2.29. The summed E-state index contributed by atoms with van der Waals surface area (Å²) in [5.41, 5.74) is 0.00235. The van der Waals surface area contributed by atoms with Gasteiger partial charge in [0.1, 0.15) is 6.54 Å². The van der Waals surface area contributed by atoms with Crippen LogP contribution >= 0.6 is 0 Å². The Hall–Kier alpha value is -3.17. The standard InChI is InChI=1S/C18H21N3O7/c1-11-4-3-5-12(2)20(11)16(22)10-27-17(23)9-19-14-7-6-13(21(25)26)8-15(14)28-18(19)24/h6-8,11-12H,3-5,9-10H2,1-2H3/t11-,12-/m0/s1. The highest BCUT2D eigenvalue weighted by Crippen LogP contribution is 2.23. The molecular formula is C18H21N3O7. The van der Waals surface area contributed by atoms with E-state index in [0.29, 0.717) is 0 Å². The van der Waals surface area contributed by atoms with Gasteiger partial charge in [-0.15, -0.1) is 0 Å². The number of hydrogen-bond donors (Lipinski definition) is 0. The largest absolute Gasteiger partial charge is 0.454 e. The second-order valence-electron chi connectivity index (χ2n) is 6.95. The highest BCUT2D eigenvalue weighted by atomic mass is 16.6. The van der Waals surface area contributed by atoms with Crippen LogP contribution in [0.1, 0.15) is 33.1 Å². The molecule has 1 amide bonds. The summed E-state index contributed by atoms with van der Waals surface area (Å²) in [7, 11) is 0. The van der Waals surface area contributed by atoms with Gasteiger partial charge in [0.2, 0.25) is 0 Å². The summed E-state index contributed by atoms with van der Waals surface area (Å²) in [6.07, 6.45) is 2.87. The number of carbonyl (C=O) groups excluding carboxylic acids is 2. The lowest BCUT2D eigenvalue weighted by Gasteiger charge is -2.38. The van der Waals surface area contributed by atoms with Crippen molar-refractivity contribution in [2.45, 2.75) is 51.7 Å². The number of oxazole rings is 1. The predicted molar refractivity (Wildman–Crippen MR) is 97.7 cm³/mol. The number of hydrogen-bond acceptors (Lipinski definition) is 7. The van der Waals surface area contributed by atoms with E-state index in [1.165, 1.54) is 12.1 Å². The minimum atomic E-state index is -0.836. The minimum Gasteiger partial charge on any atom is -0.454 e. The minimum absolute atomic E-state index is 0.000886. The van der Waals surface area contributed by atoms with Crippen LogP contribution in [0.15, 0.2) is 27.4 Å². The van der Waals surface area contributed by atoms with Gasteiger partial charge in [-0.05, 0) is 39.2 Å². The number of ether oxygens (including phenoxy) is 1. The smallest absolute Gasteiger partial charge is 0.420 e. The van der Waals surface area contributed by atoms with Crippen molar-refractivity contribution in [1.82, 2.24) is 9.47 Å². The van der Waals surface area contributed by atoms with Crippen LogP contribution in [0, 0.1) is 10.1 Å². The molecule has 0 saturated carbocycles. The number of likely N-dealkylation sites (tertiary alicyclic amines) is 1. The molecule has 1 fully saturated rings.